The van der Waals surface area contributed by atoms with Gasteiger partial charge in [0.25, 0.3) is 0 Å². The van der Waals surface area contributed by atoms with E-state index in [9.17, 15) is 4.79 Å². The molecule has 2 aromatic rings. The van der Waals surface area contributed by atoms with Crippen LogP contribution in [0.1, 0.15) is 39.5 Å². The minimum absolute atomic E-state index is 0.0906. The van der Waals surface area contributed by atoms with E-state index < -0.39 is 0 Å². The molecule has 5 nitrogen and oxygen atoms in total. The lowest BCUT2D eigenvalue weighted by Crippen LogP contribution is -2.43. The third-order valence-electron chi connectivity index (χ3n) is 6.01. The molecule has 2 saturated carbocycles. The number of hydrogen-bond acceptors (Lipinski definition) is 4. The highest BCUT2D eigenvalue weighted by atomic mass is 32.2. The second kappa shape index (κ2) is 7.43. The first-order valence-electron chi connectivity index (χ1n) is 9.54. The molecule has 138 valence electrons. The normalized spacial score (nSPS) is 26.6. The summed E-state index contributed by atoms with van der Waals surface area (Å²) in [7, 11) is 0. The van der Waals surface area contributed by atoms with Crippen LogP contribution in [0, 0.1) is 17.8 Å². The molecule has 26 heavy (non-hydrogen) atoms. The van der Waals surface area contributed by atoms with Gasteiger partial charge in [-0.15, -0.1) is 10.2 Å². The van der Waals surface area contributed by atoms with Crippen LogP contribution < -0.4 is 5.32 Å². The first-order valence-corrected chi connectivity index (χ1v) is 10.4. The second-order valence-electron chi connectivity index (χ2n) is 7.72. The van der Waals surface area contributed by atoms with Crippen molar-refractivity contribution in [1.82, 2.24) is 20.1 Å². The van der Waals surface area contributed by atoms with Gasteiger partial charge in [0.05, 0.1) is 5.25 Å². The summed E-state index contributed by atoms with van der Waals surface area (Å²) in [5, 5.41) is 12.0. The summed E-state index contributed by atoms with van der Waals surface area (Å²) in [5.74, 6) is 2.47. The van der Waals surface area contributed by atoms with Crippen LogP contribution in [0.25, 0.3) is 5.69 Å². The molecule has 2 aliphatic rings. The Labute approximate surface area is 159 Å². The van der Waals surface area contributed by atoms with Crippen molar-refractivity contribution in [2.75, 3.05) is 0 Å². The molecule has 5 atom stereocenters. The van der Waals surface area contributed by atoms with Gasteiger partial charge in [0.2, 0.25) is 5.91 Å². The molecule has 6 heteroatoms. The number of fused-ring (bicyclic) bond motifs is 2. The maximum absolute atomic E-state index is 12.7. The quantitative estimate of drug-likeness (QED) is 0.788. The summed E-state index contributed by atoms with van der Waals surface area (Å²) in [4.78, 5) is 12.7. The van der Waals surface area contributed by atoms with Gasteiger partial charge in [0, 0.05) is 11.7 Å². The zero-order valence-electron chi connectivity index (χ0n) is 15.3. The average molecular weight is 371 g/mol. The van der Waals surface area contributed by atoms with Crippen molar-refractivity contribution in [2.45, 2.75) is 56.0 Å². The number of amides is 1. The van der Waals surface area contributed by atoms with Crippen molar-refractivity contribution < 1.29 is 4.79 Å². The molecule has 1 N–H and O–H groups in total. The summed E-state index contributed by atoms with van der Waals surface area (Å²) in [6.07, 6.45) is 7.09. The number of carbonyl (C=O) groups is 1. The molecular formula is C20H26N4OS. The fourth-order valence-electron chi connectivity index (χ4n) is 4.64. The number of nitrogens with one attached hydrogen (secondary N) is 1. The molecule has 0 radical (unpaired) electrons. The SMILES string of the molecule is CC(Sc1nncn1-c1ccccc1)C(=O)NC(C)C1CC2CCC1C2. The molecule has 2 bridgehead atoms. The predicted molar refractivity (Wildman–Crippen MR) is 103 cm³/mol. The third kappa shape index (κ3) is 3.52. The summed E-state index contributed by atoms with van der Waals surface area (Å²) in [6, 6.07) is 10.2. The van der Waals surface area contributed by atoms with E-state index in [0.717, 1.165) is 22.7 Å². The Hall–Kier alpha value is -1.82. The van der Waals surface area contributed by atoms with E-state index in [1.54, 1.807) is 6.33 Å². The number of benzene rings is 1. The van der Waals surface area contributed by atoms with Gasteiger partial charge in [-0.05, 0) is 63.0 Å². The van der Waals surface area contributed by atoms with E-state index in [-0.39, 0.29) is 17.2 Å². The fourth-order valence-corrected chi connectivity index (χ4v) is 5.49. The van der Waals surface area contributed by atoms with Gasteiger partial charge in [-0.2, -0.15) is 0 Å². The van der Waals surface area contributed by atoms with Crippen molar-refractivity contribution in [3.8, 4) is 5.69 Å². The fraction of sp³-hybridized carbons (Fsp3) is 0.550. The minimum atomic E-state index is -0.206. The van der Waals surface area contributed by atoms with Gasteiger partial charge in [-0.3, -0.25) is 9.36 Å². The first kappa shape index (κ1) is 17.6. The number of carbonyl (C=O) groups excluding carboxylic acids is 1. The van der Waals surface area contributed by atoms with E-state index >= 15 is 0 Å². The third-order valence-corrected chi connectivity index (χ3v) is 7.06. The van der Waals surface area contributed by atoms with Crippen LogP contribution in [0.15, 0.2) is 41.8 Å². The van der Waals surface area contributed by atoms with E-state index in [1.165, 1.54) is 37.4 Å². The van der Waals surface area contributed by atoms with Crippen LogP contribution in [0.2, 0.25) is 0 Å². The molecule has 2 aliphatic carbocycles. The van der Waals surface area contributed by atoms with E-state index in [0.29, 0.717) is 5.92 Å². The highest BCUT2D eigenvalue weighted by molar-refractivity contribution is 8.00. The highest BCUT2D eigenvalue weighted by Crippen LogP contribution is 2.49. The summed E-state index contributed by atoms with van der Waals surface area (Å²) < 4.78 is 1.92. The number of nitrogens with zero attached hydrogens (tertiary/aromatic N) is 3. The molecular weight excluding hydrogens is 344 g/mol. The topological polar surface area (TPSA) is 59.8 Å². The molecule has 0 spiro atoms. The Bertz CT molecular complexity index is 762. The maximum atomic E-state index is 12.7. The van der Waals surface area contributed by atoms with Crippen LogP contribution >= 0.6 is 11.8 Å². The van der Waals surface area contributed by atoms with E-state index in [2.05, 4.69) is 22.4 Å². The van der Waals surface area contributed by atoms with E-state index in [4.69, 9.17) is 0 Å². The predicted octanol–water partition coefficient (Wildman–Crippen LogP) is 3.69. The monoisotopic (exact) mass is 370 g/mol. The average Bonchev–Trinajstić information content (AvgIpc) is 3.39. The smallest absolute Gasteiger partial charge is 0.233 e. The molecule has 1 aromatic heterocycles. The molecule has 1 heterocycles. The van der Waals surface area contributed by atoms with Crippen LogP contribution in [0.4, 0.5) is 0 Å². The van der Waals surface area contributed by atoms with Gasteiger partial charge in [-0.25, -0.2) is 0 Å². The van der Waals surface area contributed by atoms with Crippen molar-refractivity contribution >= 4 is 17.7 Å². The van der Waals surface area contributed by atoms with Crippen molar-refractivity contribution in [3.63, 3.8) is 0 Å². The molecule has 4 rings (SSSR count). The number of aromatic nitrogens is 3. The summed E-state index contributed by atoms with van der Waals surface area (Å²) in [5.41, 5.74) is 1.00. The molecule has 0 saturated heterocycles. The van der Waals surface area contributed by atoms with Crippen molar-refractivity contribution in [2.24, 2.45) is 17.8 Å². The standard InChI is InChI=1S/C20H26N4OS/c1-13(18-11-15-8-9-16(18)10-15)22-19(25)14(2)26-20-23-21-12-24(20)17-6-4-3-5-7-17/h3-7,12-16,18H,8-11H2,1-2H3,(H,22,25). The maximum Gasteiger partial charge on any atom is 0.233 e. The summed E-state index contributed by atoms with van der Waals surface area (Å²) >= 11 is 1.46. The van der Waals surface area contributed by atoms with Crippen LogP contribution in [0.3, 0.4) is 0 Å². The van der Waals surface area contributed by atoms with Gasteiger partial charge in [0.1, 0.15) is 6.33 Å². The Balaban J connectivity index is 1.37. The highest BCUT2D eigenvalue weighted by Gasteiger charge is 2.42. The molecule has 0 aliphatic heterocycles. The van der Waals surface area contributed by atoms with Gasteiger partial charge in [-0.1, -0.05) is 36.4 Å². The Kier molecular flexibility index (Phi) is 5.02. The molecule has 1 aromatic carbocycles. The largest absolute Gasteiger partial charge is 0.352 e. The number of rotatable bonds is 6. The van der Waals surface area contributed by atoms with Crippen molar-refractivity contribution in [3.05, 3.63) is 36.7 Å². The lowest BCUT2D eigenvalue weighted by Gasteiger charge is -2.29. The number of hydrogen-bond donors (Lipinski definition) is 1. The molecule has 5 unspecified atom stereocenters. The first-order chi connectivity index (χ1) is 12.6. The van der Waals surface area contributed by atoms with Crippen LogP contribution in [-0.4, -0.2) is 32.0 Å². The Morgan fingerprint density at radius 1 is 1.23 bits per heavy atom. The minimum Gasteiger partial charge on any atom is -0.352 e. The van der Waals surface area contributed by atoms with E-state index in [1.807, 2.05) is 41.8 Å². The second-order valence-corrected chi connectivity index (χ2v) is 9.02. The zero-order chi connectivity index (χ0) is 18.1. The Morgan fingerprint density at radius 2 is 2.04 bits per heavy atom. The Morgan fingerprint density at radius 3 is 2.73 bits per heavy atom. The number of thioether (sulfide) groups is 1. The van der Waals surface area contributed by atoms with Gasteiger partial charge in [0.15, 0.2) is 5.16 Å². The van der Waals surface area contributed by atoms with Gasteiger partial charge < -0.3 is 5.32 Å². The lowest BCUT2D eigenvalue weighted by atomic mass is 9.84. The lowest BCUT2D eigenvalue weighted by molar-refractivity contribution is -0.121. The number of para-hydroxylation sites is 1. The van der Waals surface area contributed by atoms with Gasteiger partial charge >= 0.3 is 0 Å². The van der Waals surface area contributed by atoms with Crippen LogP contribution in [-0.2, 0) is 4.79 Å². The van der Waals surface area contributed by atoms with Crippen molar-refractivity contribution in [1.29, 1.82) is 0 Å². The summed E-state index contributed by atoms with van der Waals surface area (Å²) in [6.45, 7) is 4.12. The zero-order valence-corrected chi connectivity index (χ0v) is 16.2. The van der Waals surface area contributed by atoms with Crippen LogP contribution in [0.5, 0.6) is 0 Å². The molecule has 1 amide bonds. The molecule has 2 fully saturated rings.